The van der Waals surface area contributed by atoms with Crippen LogP contribution in [0.15, 0.2) is 55.6 Å². The van der Waals surface area contributed by atoms with Crippen molar-refractivity contribution >= 4 is 23.8 Å². The fraction of sp³-hybridized carbons (Fsp3) is 0.533. The van der Waals surface area contributed by atoms with Crippen molar-refractivity contribution in [2.45, 2.75) is 89.6 Å². The molecule has 1 aliphatic heterocycles. The lowest BCUT2D eigenvalue weighted by Gasteiger charge is -2.34. The van der Waals surface area contributed by atoms with Crippen molar-refractivity contribution < 1.29 is 23.9 Å². The first-order chi connectivity index (χ1) is 18.4. The Balaban J connectivity index is 2.13. The van der Waals surface area contributed by atoms with Crippen molar-refractivity contribution in [3.63, 3.8) is 0 Å². The molecule has 0 bridgehead atoms. The summed E-state index contributed by atoms with van der Waals surface area (Å²) in [7, 11) is 1.47. The van der Waals surface area contributed by atoms with Crippen LogP contribution in [0.2, 0.25) is 0 Å². The lowest BCUT2D eigenvalue weighted by atomic mass is 10.1. The second-order valence-electron chi connectivity index (χ2n) is 10.9. The van der Waals surface area contributed by atoms with Crippen molar-refractivity contribution in [3.05, 3.63) is 61.2 Å². The van der Waals surface area contributed by atoms with E-state index < -0.39 is 35.7 Å². The number of hydrogen-bond donors (Lipinski definition) is 2. The van der Waals surface area contributed by atoms with Gasteiger partial charge < -0.3 is 20.3 Å². The minimum absolute atomic E-state index is 0.174. The number of hydrogen-bond acceptors (Lipinski definition) is 5. The Kier molecular flexibility index (Phi) is 11.8. The molecule has 1 aromatic rings. The predicted octanol–water partition coefficient (Wildman–Crippen LogP) is 3.60. The molecule has 9 heteroatoms. The van der Waals surface area contributed by atoms with Crippen molar-refractivity contribution in [1.29, 1.82) is 0 Å². The lowest BCUT2D eigenvalue weighted by Crippen LogP contribution is -2.58. The molecule has 0 aromatic heterocycles. The molecule has 9 nitrogen and oxygen atoms in total. The average Bonchev–Trinajstić information content (AvgIpc) is 3.30. The van der Waals surface area contributed by atoms with E-state index in [0.29, 0.717) is 32.2 Å². The van der Waals surface area contributed by atoms with Gasteiger partial charge in [0.15, 0.2) is 0 Å². The van der Waals surface area contributed by atoms with E-state index in [1.807, 2.05) is 30.3 Å². The van der Waals surface area contributed by atoms with Gasteiger partial charge in [0, 0.05) is 19.6 Å². The van der Waals surface area contributed by atoms with Gasteiger partial charge in [0.2, 0.25) is 17.7 Å². The minimum Gasteiger partial charge on any atom is -0.444 e. The van der Waals surface area contributed by atoms with Crippen molar-refractivity contribution in [3.8, 4) is 0 Å². The summed E-state index contributed by atoms with van der Waals surface area (Å²) in [5.74, 6) is -1.08. The zero-order valence-electron chi connectivity index (χ0n) is 23.9. The van der Waals surface area contributed by atoms with E-state index in [1.54, 1.807) is 44.7 Å². The molecule has 0 unspecified atom stereocenters. The number of nitrogens with one attached hydrogen (secondary N) is 2. The first-order valence-electron chi connectivity index (χ1n) is 13.5. The van der Waals surface area contributed by atoms with E-state index in [9.17, 15) is 19.2 Å². The molecule has 1 aromatic carbocycles. The second-order valence-corrected chi connectivity index (χ2v) is 10.9. The number of likely N-dealkylation sites (N-methyl/N-ethyl adjacent to an activating group) is 1. The Hall–Kier alpha value is -3.62. The molecule has 4 atom stereocenters. The summed E-state index contributed by atoms with van der Waals surface area (Å²) in [6.45, 7) is 14.8. The van der Waals surface area contributed by atoms with Gasteiger partial charge in [-0.1, -0.05) is 42.5 Å². The van der Waals surface area contributed by atoms with Gasteiger partial charge in [-0.25, -0.2) is 4.79 Å². The number of carbonyl (C=O) groups is 4. The number of benzene rings is 1. The Labute approximate surface area is 232 Å². The molecule has 0 aliphatic carbocycles. The molecule has 2 N–H and O–H groups in total. The predicted molar refractivity (Wildman–Crippen MR) is 152 cm³/mol. The lowest BCUT2D eigenvalue weighted by molar-refractivity contribution is -0.143. The number of carbonyl (C=O) groups excluding carboxylic acids is 4. The van der Waals surface area contributed by atoms with Gasteiger partial charge in [-0.2, -0.15) is 0 Å². The molecule has 1 aliphatic rings. The zero-order chi connectivity index (χ0) is 29.2. The summed E-state index contributed by atoms with van der Waals surface area (Å²) in [5.41, 5.74) is 0.399. The molecule has 0 spiro atoms. The van der Waals surface area contributed by atoms with Crippen LogP contribution >= 0.6 is 0 Å². The van der Waals surface area contributed by atoms with Crippen LogP contribution in [-0.2, 0) is 25.5 Å². The fourth-order valence-electron chi connectivity index (χ4n) is 4.52. The number of ether oxygens (including phenoxy) is 1. The SMILES string of the molecule is C=CC[C@H]1CC[C@@H](C(=O)NCCc2ccccc2)N1C(=O)[C@H](CC=C)NC(=O)[C@H](C)N(C)C(=O)OC(C)(C)C. The molecule has 1 fully saturated rings. The average molecular weight is 541 g/mol. The minimum atomic E-state index is -0.936. The summed E-state index contributed by atoms with van der Waals surface area (Å²) >= 11 is 0. The summed E-state index contributed by atoms with van der Waals surface area (Å²) in [4.78, 5) is 55.3. The van der Waals surface area contributed by atoms with Crippen LogP contribution in [0.4, 0.5) is 4.79 Å². The number of nitrogens with zero attached hydrogens (tertiary/aromatic N) is 2. The van der Waals surface area contributed by atoms with E-state index in [4.69, 9.17) is 4.74 Å². The van der Waals surface area contributed by atoms with Crippen molar-refractivity contribution in [2.24, 2.45) is 0 Å². The highest BCUT2D eigenvalue weighted by molar-refractivity contribution is 5.94. The third-order valence-electron chi connectivity index (χ3n) is 6.71. The van der Waals surface area contributed by atoms with Crippen LogP contribution in [0.3, 0.4) is 0 Å². The van der Waals surface area contributed by atoms with Crippen LogP contribution in [0, 0.1) is 0 Å². The Morgan fingerprint density at radius 1 is 1.13 bits per heavy atom. The molecule has 1 saturated heterocycles. The second kappa shape index (κ2) is 14.5. The normalized spacial score (nSPS) is 18.4. The van der Waals surface area contributed by atoms with Gasteiger partial charge in [0.05, 0.1) is 0 Å². The van der Waals surface area contributed by atoms with Gasteiger partial charge in [-0.05, 0) is 65.4 Å². The van der Waals surface area contributed by atoms with Crippen LogP contribution in [0.1, 0.15) is 58.9 Å². The molecule has 4 amide bonds. The quantitative estimate of drug-likeness (QED) is 0.394. The van der Waals surface area contributed by atoms with Crippen LogP contribution in [0.5, 0.6) is 0 Å². The van der Waals surface area contributed by atoms with Gasteiger partial charge in [-0.15, -0.1) is 13.2 Å². The maximum Gasteiger partial charge on any atom is 0.410 e. The fourth-order valence-corrected chi connectivity index (χ4v) is 4.52. The van der Waals surface area contributed by atoms with Crippen molar-refractivity contribution in [2.75, 3.05) is 13.6 Å². The van der Waals surface area contributed by atoms with Crippen LogP contribution in [0.25, 0.3) is 0 Å². The maximum atomic E-state index is 13.8. The van der Waals surface area contributed by atoms with E-state index in [1.165, 1.54) is 11.9 Å². The van der Waals surface area contributed by atoms with Gasteiger partial charge >= 0.3 is 6.09 Å². The molecular weight excluding hydrogens is 496 g/mol. The molecular formula is C30H44N4O5. The number of rotatable bonds is 12. The third-order valence-corrected chi connectivity index (χ3v) is 6.71. The monoisotopic (exact) mass is 540 g/mol. The Morgan fingerprint density at radius 3 is 2.38 bits per heavy atom. The first-order valence-corrected chi connectivity index (χ1v) is 13.5. The standard InChI is InChI=1S/C30H44N4O5/c1-8-13-23-17-18-25(27(36)31-20-19-22-15-11-10-12-16-22)34(23)28(37)24(14-9-2)32-26(35)21(3)33(7)29(38)39-30(4,5)6/h8-12,15-16,21,23-25H,1-2,13-14,17-20H2,3-7H3,(H,31,36)(H,32,35)/t21-,23-,24-,25-/m0/s1. The van der Waals surface area contributed by atoms with Gasteiger partial charge in [0.1, 0.15) is 23.7 Å². The Bertz CT molecular complexity index is 1020. The summed E-state index contributed by atoms with van der Waals surface area (Å²) < 4.78 is 5.36. The molecule has 39 heavy (non-hydrogen) atoms. The zero-order valence-corrected chi connectivity index (χ0v) is 23.9. The highest BCUT2D eigenvalue weighted by Gasteiger charge is 2.43. The smallest absolute Gasteiger partial charge is 0.410 e. The largest absolute Gasteiger partial charge is 0.444 e. The van der Waals surface area contributed by atoms with Crippen LogP contribution < -0.4 is 10.6 Å². The Morgan fingerprint density at radius 2 is 1.79 bits per heavy atom. The topological polar surface area (TPSA) is 108 Å². The van der Waals surface area contributed by atoms with E-state index in [0.717, 1.165) is 5.56 Å². The summed E-state index contributed by atoms with van der Waals surface area (Å²) in [6, 6.07) is 7.18. The van der Waals surface area contributed by atoms with Crippen LogP contribution in [-0.4, -0.2) is 77.0 Å². The highest BCUT2D eigenvalue weighted by Crippen LogP contribution is 2.28. The molecule has 0 radical (unpaired) electrons. The molecule has 2 rings (SSSR count). The molecule has 0 saturated carbocycles. The van der Waals surface area contributed by atoms with Gasteiger partial charge in [-0.3, -0.25) is 19.3 Å². The maximum absolute atomic E-state index is 13.8. The van der Waals surface area contributed by atoms with Gasteiger partial charge in [0.25, 0.3) is 0 Å². The highest BCUT2D eigenvalue weighted by atomic mass is 16.6. The number of amides is 4. The van der Waals surface area contributed by atoms with E-state index >= 15 is 0 Å². The third kappa shape index (κ3) is 9.26. The van der Waals surface area contributed by atoms with E-state index in [-0.39, 0.29) is 24.3 Å². The number of likely N-dealkylation sites (tertiary alicyclic amines) is 1. The first kappa shape index (κ1) is 31.6. The van der Waals surface area contributed by atoms with Crippen molar-refractivity contribution in [1.82, 2.24) is 20.4 Å². The van der Waals surface area contributed by atoms with E-state index in [2.05, 4.69) is 23.8 Å². The molecule has 214 valence electrons. The summed E-state index contributed by atoms with van der Waals surface area (Å²) in [5, 5.41) is 5.74. The molecule has 1 heterocycles. The summed E-state index contributed by atoms with van der Waals surface area (Å²) in [6.07, 6.45) is 5.21.